The van der Waals surface area contributed by atoms with Crippen LogP contribution in [-0.2, 0) is 13.1 Å². The highest BCUT2D eigenvalue weighted by Gasteiger charge is 2.07. The molecule has 0 aromatic carbocycles. The third-order valence-corrected chi connectivity index (χ3v) is 4.21. The maximum Gasteiger partial charge on any atom is 0.236 e. The van der Waals surface area contributed by atoms with Gasteiger partial charge in [-0.25, -0.2) is 9.98 Å². The highest BCUT2D eigenvalue weighted by atomic mass is 127. The second-order valence-electron chi connectivity index (χ2n) is 5.16. The lowest BCUT2D eigenvalue weighted by Crippen LogP contribution is -2.38. The van der Waals surface area contributed by atoms with Crippen LogP contribution in [0.25, 0.3) is 10.8 Å². The van der Waals surface area contributed by atoms with Gasteiger partial charge in [-0.1, -0.05) is 6.07 Å². The summed E-state index contributed by atoms with van der Waals surface area (Å²) in [6, 6.07) is 8.03. The van der Waals surface area contributed by atoms with Gasteiger partial charge in [0.15, 0.2) is 5.96 Å². The minimum absolute atomic E-state index is 0. The molecule has 134 valence electrons. The lowest BCUT2D eigenvalue weighted by molar-refractivity contribution is 0.574. The molecule has 0 saturated carbocycles. The van der Waals surface area contributed by atoms with E-state index in [9.17, 15) is 0 Å². The molecule has 0 spiro atoms. The summed E-state index contributed by atoms with van der Waals surface area (Å²) in [5.74, 6) is 1.44. The van der Waals surface area contributed by atoms with Crippen LogP contribution in [0, 0.1) is 0 Å². The standard InChI is InChI=1S/C17H21N5OS.HI/c1-2-18-17(19-7-10-22-8-3-4-9-22)20-12-14-13-23-16(21-14)15-6-5-11-24-15;/h3-6,8-9,11,13H,2,7,10,12H2,1H3,(H2,18,19,20);1H. The molecule has 3 aromatic heterocycles. The Labute approximate surface area is 168 Å². The second-order valence-corrected chi connectivity index (χ2v) is 6.11. The summed E-state index contributed by atoms with van der Waals surface area (Å²) in [5.41, 5.74) is 0.820. The number of thiophene rings is 1. The lowest BCUT2D eigenvalue weighted by Gasteiger charge is -2.11. The summed E-state index contributed by atoms with van der Waals surface area (Å²) in [6.07, 6.45) is 5.77. The summed E-state index contributed by atoms with van der Waals surface area (Å²) >= 11 is 1.61. The Morgan fingerprint density at radius 3 is 2.84 bits per heavy atom. The van der Waals surface area contributed by atoms with Crippen molar-refractivity contribution < 1.29 is 4.42 Å². The Hall–Kier alpha value is -1.81. The van der Waals surface area contributed by atoms with Crippen molar-refractivity contribution in [3.8, 4) is 10.8 Å². The summed E-state index contributed by atoms with van der Waals surface area (Å²) in [4.78, 5) is 10.1. The van der Waals surface area contributed by atoms with Crippen molar-refractivity contribution in [1.29, 1.82) is 0 Å². The van der Waals surface area contributed by atoms with Crippen molar-refractivity contribution in [2.45, 2.75) is 20.0 Å². The third-order valence-electron chi connectivity index (χ3n) is 3.36. The minimum atomic E-state index is 0. The summed E-state index contributed by atoms with van der Waals surface area (Å²) in [7, 11) is 0. The van der Waals surface area contributed by atoms with E-state index in [1.54, 1.807) is 17.6 Å². The first-order valence-electron chi connectivity index (χ1n) is 7.96. The zero-order valence-corrected chi connectivity index (χ0v) is 17.2. The van der Waals surface area contributed by atoms with E-state index in [2.05, 4.69) is 25.2 Å². The van der Waals surface area contributed by atoms with Gasteiger partial charge in [0.05, 0.1) is 11.4 Å². The Morgan fingerprint density at radius 1 is 1.28 bits per heavy atom. The zero-order chi connectivity index (χ0) is 16.6. The highest BCUT2D eigenvalue weighted by Crippen LogP contribution is 2.23. The fraction of sp³-hybridized carbons (Fsp3) is 0.294. The number of hydrogen-bond acceptors (Lipinski definition) is 4. The topological polar surface area (TPSA) is 67.4 Å². The molecule has 2 N–H and O–H groups in total. The zero-order valence-electron chi connectivity index (χ0n) is 14.0. The Balaban J connectivity index is 0.00000225. The molecule has 0 radical (unpaired) electrons. The first kappa shape index (κ1) is 19.5. The molecule has 0 aliphatic rings. The normalized spacial score (nSPS) is 11.2. The van der Waals surface area contributed by atoms with Gasteiger partial charge in [-0.2, -0.15) is 0 Å². The molecule has 0 aliphatic heterocycles. The largest absolute Gasteiger partial charge is 0.443 e. The highest BCUT2D eigenvalue weighted by molar-refractivity contribution is 14.0. The van der Waals surface area contributed by atoms with Gasteiger partial charge >= 0.3 is 0 Å². The molecule has 0 atom stereocenters. The molecule has 6 nitrogen and oxygen atoms in total. The number of aliphatic imine (C=N–C) groups is 1. The van der Waals surface area contributed by atoms with Crippen LogP contribution in [0.5, 0.6) is 0 Å². The van der Waals surface area contributed by atoms with E-state index in [-0.39, 0.29) is 24.0 Å². The van der Waals surface area contributed by atoms with E-state index in [1.807, 2.05) is 49.0 Å². The van der Waals surface area contributed by atoms with Crippen LogP contribution in [0.3, 0.4) is 0 Å². The van der Waals surface area contributed by atoms with Crippen LogP contribution >= 0.6 is 35.3 Å². The van der Waals surface area contributed by atoms with Gasteiger partial charge in [0.1, 0.15) is 12.0 Å². The average Bonchev–Trinajstić information content (AvgIpc) is 3.33. The van der Waals surface area contributed by atoms with E-state index in [0.29, 0.717) is 12.4 Å². The van der Waals surface area contributed by atoms with Gasteiger partial charge in [0.25, 0.3) is 0 Å². The van der Waals surface area contributed by atoms with Crippen LogP contribution in [0.4, 0.5) is 0 Å². The number of halogens is 1. The Morgan fingerprint density at radius 2 is 2.12 bits per heavy atom. The van der Waals surface area contributed by atoms with Crippen LogP contribution in [0.15, 0.2) is 57.7 Å². The molecule has 0 aliphatic carbocycles. The number of aromatic nitrogens is 2. The molecule has 25 heavy (non-hydrogen) atoms. The summed E-state index contributed by atoms with van der Waals surface area (Å²) < 4.78 is 7.64. The van der Waals surface area contributed by atoms with Crippen LogP contribution in [0.1, 0.15) is 12.6 Å². The number of nitrogens with zero attached hydrogens (tertiary/aromatic N) is 3. The number of oxazole rings is 1. The van der Waals surface area contributed by atoms with Crippen LogP contribution in [0.2, 0.25) is 0 Å². The number of hydrogen-bond donors (Lipinski definition) is 2. The summed E-state index contributed by atoms with van der Waals surface area (Å²) in [5, 5.41) is 8.58. The van der Waals surface area contributed by atoms with E-state index in [0.717, 1.165) is 36.2 Å². The number of nitrogens with one attached hydrogen (secondary N) is 2. The van der Waals surface area contributed by atoms with Crippen molar-refractivity contribution >= 4 is 41.3 Å². The maximum absolute atomic E-state index is 5.52. The van der Waals surface area contributed by atoms with E-state index in [1.165, 1.54) is 0 Å². The van der Waals surface area contributed by atoms with Gasteiger partial charge < -0.3 is 19.6 Å². The second kappa shape index (κ2) is 10.2. The fourth-order valence-corrected chi connectivity index (χ4v) is 2.87. The first-order valence-corrected chi connectivity index (χ1v) is 8.84. The quantitative estimate of drug-likeness (QED) is 0.314. The molecule has 8 heteroatoms. The lowest BCUT2D eigenvalue weighted by atomic mass is 10.4. The predicted molar refractivity (Wildman–Crippen MR) is 112 cm³/mol. The van der Waals surface area contributed by atoms with E-state index < -0.39 is 0 Å². The van der Waals surface area contributed by atoms with Crippen molar-refractivity contribution in [2.75, 3.05) is 13.1 Å². The van der Waals surface area contributed by atoms with Crippen molar-refractivity contribution in [3.05, 3.63) is 54.0 Å². The number of rotatable bonds is 7. The van der Waals surface area contributed by atoms with E-state index in [4.69, 9.17) is 4.42 Å². The maximum atomic E-state index is 5.52. The monoisotopic (exact) mass is 471 g/mol. The summed E-state index contributed by atoms with van der Waals surface area (Å²) in [6.45, 7) is 5.04. The number of guanidine groups is 1. The first-order chi connectivity index (χ1) is 11.8. The molecule has 0 saturated heterocycles. The third kappa shape index (κ3) is 5.89. The molecule has 0 amide bonds. The SMILES string of the molecule is CCNC(=NCc1coc(-c2cccs2)n1)NCCn1cccc1.I. The van der Waals surface area contributed by atoms with Gasteiger partial charge in [0.2, 0.25) is 5.89 Å². The average molecular weight is 471 g/mol. The smallest absolute Gasteiger partial charge is 0.236 e. The van der Waals surface area contributed by atoms with Crippen LogP contribution in [-0.4, -0.2) is 28.6 Å². The van der Waals surface area contributed by atoms with Crippen molar-refractivity contribution in [1.82, 2.24) is 20.2 Å². The van der Waals surface area contributed by atoms with E-state index >= 15 is 0 Å². The molecule has 3 rings (SSSR count). The molecule has 3 heterocycles. The van der Waals surface area contributed by atoms with Gasteiger partial charge in [0, 0.05) is 32.0 Å². The Bertz CT molecular complexity index is 752. The van der Waals surface area contributed by atoms with Crippen LogP contribution < -0.4 is 10.6 Å². The minimum Gasteiger partial charge on any atom is -0.443 e. The molecular weight excluding hydrogens is 449 g/mol. The fourth-order valence-electron chi connectivity index (χ4n) is 2.22. The van der Waals surface area contributed by atoms with Gasteiger partial charge in [-0.05, 0) is 30.5 Å². The molecule has 0 fully saturated rings. The predicted octanol–water partition coefficient (Wildman–Crippen LogP) is 3.58. The molecule has 3 aromatic rings. The van der Waals surface area contributed by atoms with Gasteiger partial charge in [-0.15, -0.1) is 35.3 Å². The molecule has 0 bridgehead atoms. The molecular formula is C17H22IN5OS. The van der Waals surface area contributed by atoms with Crippen molar-refractivity contribution in [3.63, 3.8) is 0 Å². The van der Waals surface area contributed by atoms with Crippen molar-refractivity contribution in [2.24, 2.45) is 4.99 Å². The Kier molecular flexibility index (Phi) is 7.99. The molecule has 0 unspecified atom stereocenters. The van der Waals surface area contributed by atoms with Gasteiger partial charge in [-0.3, -0.25) is 0 Å².